The van der Waals surface area contributed by atoms with Gasteiger partial charge in [-0.1, -0.05) is 25.1 Å². The van der Waals surface area contributed by atoms with Gasteiger partial charge in [0.05, 0.1) is 18.7 Å². The number of rotatable bonds is 9. The van der Waals surface area contributed by atoms with Gasteiger partial charge in [-0.15, -0.1) is 11.3 Å². The summed E-state index contributed by atoms with van der Waals surface area (Å²) < 4.78 is 0. The molecule has 1 aromatic heterocycles. The number of carboxylic acid groups (broad SMARTS) is 1. The van der Waals surface area contributed by atoms with E-state index in [4.69, 9.17) is 5.11 Å². The van der Waals surface area contributed by atoms with Gasteiger partial charge in [0.15, 0.2) is 0 Å². The molecule has 0 saturated heterocycles. The zero-order valence-corrected chi connectivity index (χ0v) is 15.3. The highest BCUT2D eigenvalue weighted by Crippen LogP contribution is 2.16. The molecule has 6 nitrogen and oxygen atoms in total. The van der Waals surface area contributed by atoms with Gasteiger partial charge in [0.2, 0.25) is 5.91 Å². The van der Waals surface area contributed by atoms with Crippen molar-refractivity contribution in [2.24, 2.45) is 0 Å². The molecule has 0 atom stereocenters. The Hall–Kier alpha value is -2.25. The minimum atomic E-state index is -0.846. The molecule has 1 amide bonds. The number of benzene rings is 1. The Morgan fingerprint density at radius 1 is 1.32 bits per heavy atom. The molecular weight excluding hydrogens is 338 g/mol. The third-order valence-corrected chi connectivity index (χ3v) is 4.51. The van der Waals surface area contributed by atoms with Crippen LogP contribution < -0.4 is 5.32 Å². The maximum absolute atomic E-state index is 12.2. The molecule has 7 heteroatoms. The summed E-state index contributed by atoms with van der Waals surface area (Å²) in [6.07, 6.45) is 1.09. The molecule has 0 unspecified atom stereocenters. The van der Waals surface area contributed by atoms with Crippen LogP contribution in [-0.2, 0) is 22.6 Å². The average molecular weight is 361 g/mol. The average Bonchev–Trinajstić information content (AvgIpc) is 2.96. The Labute approximate surface area is 151 Å². The van der Waals surface area contributed by atoms with E-state index >= 15 is 0 Å². The minimum absolute atomic E-state index is 0.00549. The summed E-state index contributed by atoms with van der Waals surface area (Å²) in [7, 11) is 0. The molecule has 0 saturated carbocycles. The molecule has 2 rings (SSSR count). The Bertz CT molecular complexity index is 730. The van der Waals surface area contributed by atoms with Crippen molar-refractivity contribution in [3.05, 3.63) is 45.9 Å². The Kier molecular flexibility index (Phi) is 7.09. The maximum Gasteiger partial charge on any atom is 0.317 e. The smallest absolute Gasteiger partial charge is 0.317 e. The van der Waals surface area contributed by atoms with Gasteiger partial charge < -0.3 is 10.4 Å². The SMILES string of the molecule is CCCN(CC(=O)O)Cc1csc(CC(=O)Nc2ccccc2C)n1. The molecule has 2 aromatic rings. The van der Waals surface area contributed by atoms with Gasteiger partial charge in [-0.25, -0.2) is 4.98 Å². The van der Waals surface area contributed by atoms with E-state index in [2.05, 4.69) is 10.3 Å². The van der Waals surface area contributed by atoms with Crippen LogP contribution in [0.1, 0.15) is 29.6 Å². The Morgan fingerprint density at radius 3 is 2.76 bits per heavy atom. The summed E-state index contributed by atoms with van der Waals surface area (Å²) in [5.41, 5.74) is 2.62. The topological polar surface area (TPSA) is 82.5 Å². The second-order valence-corrected chi connectivity index (χ2v) is 6.82. The van der Waals surface area contributed by atoms with E-state index in [1.54, 1.807) is 0 Å². The lowest BCUT2D eigenvalue weighted by Crippen LogP contribution is -2.30. The number of aryl methyl sites for hydroxylation is 1. The summed E-state index contributed by atoms with van der Waals surface area (Å²) in [6.45, 7) is 5.14. The number of carboxylic acids is 1. The summed E-state index contributed by atoms with van der Waals surface area (Å²) in [5, 5.41) is 14.5. The quantitative estimate of drug-likeness (QED) is 0.717. The van der Waals surface area contributed by atoms with Crippen molar-refractivity contribution in [3.63, 3.8) is 0 Å². The number of nitrogens with zero attached hydrogens (tertiary/aromatic N) is 2. The summed E-state index contributed by atoms with van der Waals surface area (Å²) in [4.78, 5) is 29.4. The number of aromatic nitrogens is 1. The summed E-state index contributed by atoms with van der Waals surface area (Å²) in [6, 6.07) is 7.63. The number of amides is 1. The second-order valence-electron chi connectivity index (χ2n) is 5.88. The van der Waals surface area contributed by atoms with Gasteiger partial charge in [0.1, 0.15) is 5.01 Å². The Morgan fingerprint density at radius 2 is 2.08 bits per heavy atom. The molecule has 0 spiro atoms. The summed E-state index contributed by atoms with van der Waals surface area (Å²) >= 11 is 1.43. The fraction of sp³-hybridized carbons (Fsp3) is 0.389. The van der Waals surface area contributed by atoms with Crippen LogP contribution in [-0.4, -0.2) is 40.0 Å². The Balaban J connectivity index is 1.93. The first-order chi connectivity index (χ1) is 12.0. The number of hydrogen-bond acceptors (Lipinski definition) is 5. The number of nitrogens with one attached hydrogen (secondary N) is 1. The van der Waals surface area contributed by atoms with Crippen molar-refractivity contribution in [1.29, 1.82) is 0 Å². The predicted molar refractivity (Wildman–Crippen MR) is 98.8 cm³/mol. The molecule has 1 heterocycles. The van der Waals surface area contributed by atoms with Gasteiger partial charge in [-0.3, -0.25) is 14.5 Å². The highest BCUT2D eigenvalue weighted by Gasteiger charge is 2.13. The monoisotopic (exact) mass is 361 g/mol. The zero-order chi connectivity index (χ0) is 18.2. The van der Waals surface area contributed by atoms with Crippen molar-refractivity contribution < 1.29 is 14.7 Å². The van der Waals surface area contributed by atoms with E-state index in [1.165, 1.54) is 11.3 Å². The third kappa shape index (κ3) is 6.28. The lowest BCUT2D eigenvalue weighted by atomic mass is 10.2. The number of carbonyl (C=O) groups is 2. The van der Waals surface area contributed by atoms with Gasteiger partial charge in [0, 0.05) is 17.6 Å². The third-order valence-electron chi connectivity index (χ3n) is 3.61. The number of para-hydroxylation sites is 1. The molecule has 2 N–H and O–H groups in total. The molecule has 0 bridgehead atoms. The molecule has 0 aliphatic carbocycles. The maximum atomic E-state index is 12.2. The van der Waals surface area contributed by atoms with Crippen LogP contribution in [0.5, 0.6) is 0 Å². The van der Waals surface area contributed by atoms with Crippen LogP contribution in [0.2, 0.25) is 0 Å². The first-order valence-corrected chi connectivity index (χ1v) is 9.08. The van der Waals surface area contributed by atoms with E-state index in [-0.39, 0.29) is 18.9 Å². The molecule has 1 aromatic carbocycles. The molecule has 0 radical (unpaired) electrons. The molecule has 0 fully saturated rings. The van der Waals surface area contributed by atoms with E-state index < -0.39 is 5.97 Å². The van der Waals surface area contributed by atoms with Crippen LogP contribution in [0, 0.1) is 6.92 Å². The molecule has 134 valence electrons. The van der Waals surface area contributed by atoms with Crippen LogP contribution in [0.15, 0.2) is 29.6 Å². The number of anilines is 1. The van der Waals surface area contributed by atoms with E-state index in [0.717, 1.165) is 28.4 Å². The number of thiazole rings is 1. The molecule has 25 heavy (non-hydrogen) atoms. The first-order valence-electron chi connectivity index (χ1n) is 8.20. The zero-order valence-electron chi connectivity index (χ0n) is 14.5. The van der Waals surface area contributed by atoms with Crippen molar-refractivity contribution >= 4 is 28.9 Å². The van der Waals surface area contributed by atoms with Crippen LogP contribution >= 0.6 is 11.3 Å². The fourth-order valence-electron chi connectivity index (χ4n) is 2.50. The van der Waals surface area contributed by atoms with Crippen LogP contribution in [0.4, 0.5) is 5.69 Å². The molecular formula is C18H23N3O3S. The first kappa shape index (κ1) is 19.1. The van der Waals surface area contributed by atoms with E-state index in [9.17, 15) is 9.59 Å². The van der Waals surface area contributed by atoms with Crippen LogP contribution in [0.3, 0.4) is 0 Å². The van der Waals surface area contributed by atoms with Crippen molar-refractivity contribution in [2.75, 3.05) is 18.4 Å². The minimum Gasteiger partial charge on any atom is -0.480 e. The van der Waals surface area contributed by atoms with E-state index in [1.807, 2.05) is 48.4 Å². The van der Waals surface area contributed by atoms with Crippen molar-refractivity contribution in [3.8, 4) is 0 Å². The number of aliphatic carboxylic acids is 1. The van der Waals surface area contributed by atoms with Crippen molar-refractivity contribution in [2.45, 2.75) is 33.2 Å². The van der Waals surface area contributed by atoms with E-state index in [0.29, 0.717) is 13.1 Å². The van der Waals surface area contributed by atoms with Gasteiger partial charge in [0.25, 0.3) is 0 Å². The van der Waals surface area contributed by atoms with Gasteiger partial charge in [-0.05, 0) is 31.5 Å². The lowest BCUT2D eigenvalue weighted by Gasteiger charge is -2.17. The predicted octanol–water partition coefficient (Wildman–Crippen LogP) is 2.93. The molecule has 0 aliphatic rings. The van der Waals surface area contributed by atoms with Gasteiger partial charge in [-0.2, -0.15) is 0 Å². The van der Waals surface area contributed by atoms with Gasteiger partial charge >= 0.3 is 5.97 Å². The second kappa shape index (κ2) is 9.29. The highest BCUT2D eigenvalue weighted by molar-refractivity contribution is 7.09. The number of carbonyl (C=O) groups excluding carboxylic acids is 1. The normalized spacial score (nSPS) is 10.8. The van der Waals surface area contributed by atoms with Crippen LogP contribution in [0.25, 0.3) is 0 Å². The lowest BCUT2D eigenvalue weighted by molar-refractivity contribution is -0.138. The highest BCUT2D eigenvalue weighted by atomic mass is 32.1. The summed E-state index contributed by atoms with van der Waals surface area (Å²) in [5.74, 6) is -0.951. The number of hydrogen-bond donors (Lipinski definition) is 2. The molecule has 0 aliphatic heterocycles. The standard InChI is InChI=1S/C18H23N3O3S/c1-3-8-21(11-18(23)24)10-14-12-25-17(19-14)9-16(22)20-15-7-5-4-6-13(15)2/h4-7,12H,3,8-11H2,1-2H3,(H,20,22)(H,23,24). The largest absolute Gasteiger partial charge is 0.480 e. The van der Waals surface area contributed by atoms with Crippen molar-refractivity contribution in [1.82, 2.24) is 9.88 Å². The fourth-order valence-corrected chi connectivity index (χ4v) is 3.28.